The Morgan fingerprint density at radius 3 is 2.69 bits per heavy atom. The number of benzene rings is 1. The van der Waals surface area contributed by atoms with Crippen LogP contribution in [0.2, 0.25) is 0 Å². The Morgan fingerprint density at radius 1 is 1.21 bits per heavy atom. The number of aromatic amines is 1. The Balaban J connectivity index is 1.75. The largest absolute Gasteiger partial charge is 0.378 e. The van der Waals surface area contributed by atoms with Crippen LogP contribution in [0.25, 0.3) is 11.3 Å². The Bertz CT molecular complexity index is 1040. The summed E-state index contributed by atoms with van der Waals surface area (Å²) in [6, 6.07) is 11.8. The van der Waals surface area contributed by atoms with Crippen molar-refractivity contribution in [1.82, 2.24) is 15.0 Å². The maximum Gasteiger partial charge on any atom is 0.246 e. The molecule has 0 bridgehead atoms. The van der Waals surface area contributed by atoms with Crippen LogP contribution in [0.1, 0.15) is 11.3 Å². The quantitative estimate of drug-likeness (QED) is 0.512. The van der Waals surface area contributed by atoms with Crippen LogP contribution in [0.15, 0.2) is 47.7 Å². The highest BCUT2D eigenvalue weighted by Crippen LogP contribution is 2.30. The van der Waals surface area contributed by atoms with Crippen molar-refractivity contribution in [3.63, 3.8) is 0 Å². The van der Waals surface area contributed by atoms with Crippen molar-refractivity contribution < 1.29 is 9.13 Å². The van der Waals surface area contributed by atoms with Crippen molar-refractivity contribution in [3.8, 4) is 17.3 Å². The minimum absolute atomic E-state index is 0.243. The fourth-order valence-corrected chi connectivity index (χ4v) is 3.01. The number of hydrogen-bond acceptors (Lipinski definition) is 7. The number of morpholine rings is 1. The number of anilines is 2. The summed E-state index contributed by atoms with van der Waals surface area (Å²) >= 11 is 0. The van der Waals surface area contributed by atoms with Crippen LogP contribution in [0.3, 0.4) is 0 Å². The number of nitrogens with zero attached hydrogens (tertiary/aromatic N) is 5. The van der Waals surface area contributed by atoms with E-state index in [-0.39, 0.29) is 11.8 Å². The molecule has 4 rings (SSSR count). The lowest BCUT2D eigenvalue weighted by Crippen LogP contribution is -2.37. The predicted octanol–water partition coefficient (Wildman–Crippen LogP) is 2.77. The maximum absolute atomic E-state index is 13.4. The van der Waals surface area contributed by atoms with Gasteiger partial charge in [-0.1, -0.05) is 0 Å². The van der Waals surface area contributed by atoms with Crippen molar-refractivity contribution in [1.29, 1.82) is 5.26 Å². The molecule has 1 saturated heterocycles. The standard InChI is InChI=1S/C20H18FN7O/c21-15-5-3-14(4-6-15)18-17(12-22)19(28-8-10-29-11-9-28)26-20(25-18)27-24-13-16-2-1-7-23-16/h1-7,13,23H,8-11H2,(H,25,26,27)/b24-13+. The molecule has 0 spiro atoms. The van der Waals surface area contributed by atoms with Crippen molar-refractivity contribution >= 4 is 18.0 Å². The summed E-state index contributed by atoms with van der Waals surface area (Å²) in [4.78, 5) is 14.0. The number of ether oxygens (including phenoxy) is 1. The molecule has 146 valence electrons. The minimum atomic E-state index is -0.358. The van der Waals surface area contributed by atoms with E-state index in [4.69, 9.17) is 4.74 Å². The van der Waals surface area contributed by atoms with Gasteiger partial charge in [-0.25, -0.2) is 14.8 Å². The minimum Gasteiger partial charge on any atom is -0.378 e. The molecule has 0 amide bonds. The summed E-state index contributed by atoms with van der Waals surface area (Å²) in [5.74, 6) is 0.388. The number of nitriles is 1. The molecule has 2 aromatic heterocycles. The highest BCUT2D eigenvalue weighted by Gasteiger charge is 2.22. The molecule has 0 atom stereocenters. The van der Waals surface area contributed by atoms with Gasteiger partial charge in [-0.2, -0.15) is 15.3 Å². The zero-order chi connectivity index (χ0) is 20.1. The third kappa shape index (κ3) is 4.23. The number of rotatable bonds is 5. The smallest absolute Gasteiger partial charge is 0.246 e. The van der Waals surface area contributed by atoms with Gasteiger partial charge in [0.15, 0.2) is 5.82 Å². The first-order valence-corrected chi connectivity index (χ1v) is 9.08. The molecule has 1 aliphatic heterocycles. The first-order chi connectivity index (χ1) is 14.2. The van der Waals surface area contributed by atoms with Crippen LogP contribution >= 0.6 is 0 Å². The molecule has 1 aromatic carbocycles. The summed E-state index contributed by atoms with van der Waals surface area (Å²) in [6.07, 6.45) is 3.40. The van der Waals surface area contributed by atoms with Crippen molar-refractivity contribution in [2.45, 2.75) is 0 Å². The van der Waals surface area contributed by atoms with E-state index in [1.54, 1.807) is 24.5 Å². The van der Waals surface area contributed by atoms with Crippen LogP contribution in [0.5, 0.6) is 0 Å². The molecule has 1 fully saturated rings. The van der Waals surface area contributed by atoms with Crippen molar-refractivity contribution in [2.75, 3.05) is 36.6 Å². The molecular weight excluding hydrogens is 373 g/mol. The molecule has 1 aliphatic rings. The van der Waals surface area contributed by atoms with E-state index in [1.807, 2.05) is 17.0 Å². The lowest BCUT2D eigenvalue weighted by atomic mass is 10.1. The highest BCUT2D eigenvalue weighted by atomic mass is 19.1. The van der Waals surface area contributed by atoms with Gasteiger partial charge in [-0.15, -0.1) is 0 Å². The fourth-order valence-electron chi connectivity index (χ4n) is 3.01. The zero-order valence-electron chi connectivity index (χ0n) is 15.5. The number of H-pyrrole nitrogens is 1. The molecular formula is C20H18FN7O. The number of hydrazone groups is 1. The van der Waals surface area contributed by atoms with Gasteiger partial charge in [0.2, 0.25) is 5.95 Å². The second-order valence-corrected chi connectivity index (χ2v) is 6.31. The molecule has 0 saturated carbocycles. The Morgan fingerprint density at radius 2 is 2.00 bits per heavy atom. The summed E-state index contributed by atoms with van der Waals surface area (Å²) < 4.78 is 18.8. The van der Waals surface area contributed by atoms with E-state index < -0.39 is 0 Å². The first-order valence-electron chi connectivity index (χ1n) is 9.08. The molecule has 9 heteroatoms. The molecule has 8 nitrogen and oxygen atoms in total. The fraction of sp³-hybridized carbons (Fsp3) is 0.200. The van der Waals surface area contributed by atoms with Gasteiger partial charge in [-0.3, -0.25) is 0 Å². The molecule has 0 radical (unpaired) electrons. The number of nitrogens with one attached hydrogen (secondary N) is 2. The van der Waals surface area contributed by atoms with Gasteiger partial charge in [-0.05, 0) is 36.4 Å². The van der Waals surface area contributed by atoms with Gasteiger partial charge < -0.3 is 14.6 Å². The third-order valence-electron chi connectivity index (χ3n) is 4.42. The Labute approximate surface area is 166 Å². The lowest BCUT2D eigenvalue weighted by molar-refractivity contribution is 0.122. The van der Waals surface area contributed by atoms with E-state index in [9.17, 15) is 9.65 Å². The molecule has 3 aromatic rings. The third-order valence-corrected chi connectivity index (χ3v) is 4.42. The molecule has 0 unspecified atom stereocenters. The summed E-state index contributed by atoms with van der Waals surface area (Å²) in [5.41, 5.74) is 5.01. The van der Waals surface area contributed by atoms with E-state index in [1.165, 1.54) is 12.1 Å². The Kier molecular flexibility index (Phi) is 5.45. The lowest BCUT2D eigenvalue weighted by Gasteiger charge is -2.29. The monoisotopic (exact) mass is 391 g/mol. The van der Waals surface area contributed by atoms with Crippen LogP contribution in [0.4, 0.5) is 16.2 Å². The first kappa shape index (κ1) is 18.6. The van der Waals surface area contributed by atoms with Crippen molar-refractivity contribution in [3.05, 3.63) is 59.7 Å². The van der Waals surface area contributed by atoms with Crippen LogP contribution < -0.4 is 10.3 Å². The second kappa shape index (κ2) is 8.50. The Hall–Kier alpha value is -3.77. The maximum atomic E-state index is 13.4. The average molecular weight is 391 g/mol. The number of halogens is 1. The zero-order valence-corrected chi connectivity index (χ0v) is 15.5. The summed E-state index contributed by atoms with van der Waals surface area (Å²) in [7, 11) is 0. The van der Waals surface area contributed by atoms with E-state index in [0.29, 0.717) is 48.9 Å². The normalized spacial score (nSPS) is 14.1. The van der Waals surface area contributed by atoms with E-state index >= 15 is 0 Å². The second-order valence-electron chi connectivity index (χ2n) is 6.31. The number of aromatic nitrogens is 3. The van der Waals surface area contributed by atoms with Crippen molar-refractivity contribution in [2.24, 2.45) is 5.10 Å². The van der Waals surface area contributed by atoms with Gasteiger partial charge in [0.1, 0.15) is 17.4 Å². The predicted molar refractivity (Wildman–Crippen MR) is 107 cm³/mol. The molecule has 0 aliphatic carbocycles. The van der Waals surface area contributed by atoms with Gasteiger partial charge in [0, 0.05) is 24.8 Å². The topological polar surface area (TPSA) is 102 Å². The highest BCUT2D eigenvalue weighted by molar-refractivity contribution is 5.78. The van der Waals surface area contributed by atoms with Crippen LogP contribution in [-0.4, -0.2) is 47.5 Å². The molecule has 2 N–H and O–H groups in total. The SMILES string of the molecule is N#Cc1c(-c2ccc(F)cc2)nc(N/N=C/c2ccc[nH]2)nc1N1CCOCC1. The van der Waals surface area contributed by atoms with Gasteiger partial charge >= 0.3 is 0 Å². The number of hydrogen-bond donors (Lipinski definition) is 2. The van der Waals surface area contributed by atoms with E-state index in [2.05, 4.69) is 31.5 Å². The van der Waals surface area contributed by atoms with Gasteiger partial charge in [0.05, 0.1) is 30.8 Å². The van der Waals surface area contributed by atoms with Crippen LogP contribution in [0, 0.1) is 17.1 Å². The van der Waals surface area contributed by atoms with Gasteiger partial charge in [0.25, 0.3) is 0 Å². The van der Waals surface area contributed by atoms with Crippen LogP contribution in [-0.2, 0) is 4.74 Å². The summed E-state index contributed by atoms with van der Waals surface area (Å²) in [6.45, 7) is 2.32. The molecule has 3 heterocycles. The molecule has 29 heavy (non-hydrogen) atoms. The summed E-state index contributed by atoms with van der Waals surface area (Å²) in [5, 5.41) is 14.0. The average Bonchev–Trinajstić information content (AvgIpc) is 3.28. The van der Waals surface area contributed by atoms with E-state index in [0.717, 1.165) is 5.69 Å².